The smallest absolute Gasteiger partial charge is 0.159 e. The molecule has 1 rings (SSSR count). The second-order valence-electron chi connectivity index (χ2n) is 3.85. The van der Waals surface area contributed by atoms with Crippen LogP contribution < -0.4 is 0 Å². The fourth-order valence-corrected chi connectivity index (χ4v) is 2.10. The third-order valence-electron chi connectivity index (χ3n) is 2.68. The molecule has 0 aliphatic heterocycles. The lowest BCUT2D eigenvalue weighted by Gasteiger charge is -2.16. The summed E-state index contributed by atoms with van der Waals surface area (Å²) in [6.45, 7) is 4.25. The van der Waals surface area contributed by atoms with Gasteiger partial charge in [0.05, 0.1) is 0 Å². The van der Waals surface area contributed by atoms with Gasteiger partial charge >= 0.3 is 0 Å². The van der Waals surface area contributed by atoms with Gasteiger partial charge in [0.1, 0.15) is 0 Å². The fourth-order valence-electron chi connectivity index (χ4n) is 1.35. The van der Waals surface area contributed by atoms with E-state index in [1.54, 1.807) is 6.07 Å². The minimum Gasteiger partial charge on any atom is -0.204 e. The van der Waals surface area contributed by atoms with Gasteiger partial charge < -0.3 is 0 Å². The van der Waals surface area contributed by atoms with E-state index in [4.69, 9.17) is 0 Å². The van der Waals surface area contributed by atoms with E-state index in [0.29, 0.717) is 10.7 Å². The highest BCUT2D eigenvalue weighted by Gasteiger charge is 2.13. The Hall–Kier alpha value is -0.440. The third kappa shape index (κ3) is 3.56. The van der Waals surface area contributed by atoms with Gasteiger partial charge in [-0.15, -0.1) is 0 Å². The van der Waals surface area contributed by atoms with Gasteiger partial charge in [-0.25, -0.2) is 8.78 Å². The Morgan fingerprint density at radius 2 is 1.93 bits per heavy atom. The summed E-state index contributed by atoms with van der Waals surface area (Å²) < 4.78 is 25.6. The number of hydrogen-bond donors (Lipinski definition) is 0. The molecule has 0 saturated carbocycles. The van der Waals surface area contributed by atoms with Gasteiger partial charge in [0.2, 0.25) is 0 Å². The average molecular weight is 277 g/mol. The first-order chi connectivity index (χ1) is 7.04. The second kappa shape index (κ2) is 5.59. The zero-order valence-electron chi connectivity index (χ0n) is 8.93. The van der Waals surface area contributed by atoms with Crippen molar-refractivity contribution < 1.29 is 8.78 Å². The van der Waals surface area contributed by atoms with Crippen LogP contribution in [0.2, 0.25) is 0 Å². The number of benzene rings is 1. The molecular formula is C12H15BrF2. The van der Waals surface area contributed by atoms with Crippen LogP contribution in [-0.2, 0) is 6.42 Å². The van der Waals surface area contributed by atoms with Crippen LogP contribution >= 0.6 is 15.9 Å². The molecule has 0 heterocycles. The molecule has 2 unspecified atom stereocenters. The summed E-state index contributed by atoms with van der Waals surface area (Å²) in [5.41, 5.74) is 0.830. The summed E-state index contributed by atoms with van der Waals surface area (Å²) in [6, 6.07) is 4.09. The van der Waals surface area contributed by atoms with Gasteiger partial charge in [-0.2, -0.15) is 0 Å². The summed E-state index contributed by atoms with van der Waals surface area (Å²) in [6.07, 6.45) is 1.80. The van der Waals surface area contributed by atoms with Crippen molar-refractivity contribution in [3.05, 3.63) is 35.4 Å². The molecule has 0 aliphatic carbocycles. The molecule has 3 heteroatoms. The maximum Gasteiger partial charge on any atom is 0.159 e. The molecule has 0 N–H and O–H groups in total. The zero-order valence-corrected chi connectivity index (χ0v) is 10.5. The standard InChI is InChI=1S/C12H15BrF2/c1-3-8(2)10(13)6-9-4-5-11(14)12(15)7-9/h4-5,7-8,10H,3,6H2,1-2H3. The van der Waals surface area contributed by atoms with Crippen molar-refractivity contribution in [3.8, 4) is 0 Å². The molecule has 0 amide bonds. The molecule has 0 radical (unpaired) electrons. The first-order valence-corrected chi connectivity index (χ1v) is 6.04. The van der Waals surface area contributed by atoms with Crippen molar-refractivity contribution in [2.45, 2.75) is 31.5 Å². The summed E-state index contributed by atoms with van der Waals surface area (Å²) in [7, 11) is 0. The Morgan fingerprint density at radius 3 is 2.47 bits per heavy atom. The summed E-state index contributed by atoms with van der Waals surface area (Å²) >= 11 is 3.57. The molecule has 0 saturated heterocycles. The number of rotatable bonds is 4. The highest BCUT2D eigenvalue weighted by Crippen LogP contribution is 2.21. The summed E-state index contributed by atoms with van der Waals surface area (Å²) in [5, 5.41) is 0. The van der Waals surface area contributed by atoms with Crippen molar-refractivity contribution >= 4 is 15.9 Å². The fraction of sp³-hybridized carbons (Fsp3) is 0.500. The SMILES string of the molecule is CCC(C)C(Br)Cc1ccc(F)c(F)c1. The topological polar surface area (TPSA) is 0 Å². The van der Waals surface area contributed by atoms with Crippen molar-refractivity contribution in [3.63, 3.8) is 0 Å². The Labute approximate surface area is 97.8 Å². The van der Waals surface area contributed by atoms with E-state index in [1.165, 1.54) is 12.1 Å². The van der Waals surface area contributed by atoms with Crippen LogP contribution in [0.25, 0.3) is 0 Å². The van der Waals surface area contributed by atoms with Crippen molar-refractivity contribution in [1.29, 1.82) is 0 Å². The lowest BCUT2D eigenvalue weighted by Crippen LogP contribution is -2.13. The average Bonchev–Trinajstić information content (AvgIpc) is 2.22. The van der Waals surface area contributed by atoms with Crippen LogP contribution in [0, 0.1) is 17.6 Å². The molecule has 0 aromatic heterocycles. The molecule has 0 bridgehead atoms. The molecule has 2 atom stereocenters. The Kier molecular flexibility index (Phi) is 4.71. The molecule has 1 aromatic carbocycles. The van der Waals surface area contributed by atoms with Gasteiger partial charge in [-0.05, 0) is 30.0 Å². The van der Waals surface area contributed by atoms with E-state index in [0.717, 1.165) is 18.4 Å². The van der Waals surface area contributed by atoms with Crippen molar-refractivity contribution in [1.82, 2.24) is 0 Å². The predicted octanol–water partition coefficient (Wildman–Crippen LogP) is 4.32. The van der Waals surface area contributed by atoms with E-state index in [-0.39, 0.29) is 0 Å². The van der Waals surface area contributed by atoms with Crippen LogP contribution in [0.15, 0.2) is 18.2 Å². The zero-order chi connectivity index (χ0) is 11.4. The maximum absolute atomic E-state index is 12.9. The normalized spacial score (nSPS) is 15.0. The first-order valence-electron chi connectivity index (χ1n) is 5.12. The largest absolute Gasteiger partial charge is 0.204 e. The molecule has 0 fully saturated rings. The third-order valence-corrected chi connectivity index (χ3v) is 3.90. The van der Waals surface area contributed by atoms with Gasteiger partial charge in [0.15, 0.2) is 11.6 Å². The van der Waals surface area contributed by atoms with E-state index < -0.39 is 11.6 Å². The highest BCUT2D eigenvalue weighted by atomic mass is 79.9. The van der Waals surface area contributed by atoms with E-state index in [9.17, 15) is 8.78 Å². The van der Waals surface area contributed by atoms with Gasteiger partial charge in [-0.1, -0.05) is 42.3 Å². The molecule has 0 spiro atoms. The van der Waals surface area contributed by atoms with E-state index in [2.05, 4.69) is 29.8 Å². The van der Waals surface area contributed by atoms with Gasteiger partial charge in [0.25, 0.3) is 0 Å². The summed E-state index contributed by atoms with van der Waals surface area (Å²) in [4.78, 5) is 0.312. The molecular weight excluding hydrogens is 262 g/mol. The molecule has 15 heavy (non-hydrogen) atoms. The summed E-state index contributed by atoms with van der Waals surface area (Å²) in [5.74, 6) is -1.03. The van der Waals surface area contributed by atoms with Crippen LogP contribution in [-0.4, -0.2) is 4.83 Å². The maximum atomic E-state index is 12.9. The second-order valence-corrected chi connectivity index (χ2v) is 5.03. The number of halogens is 3. The van der Waals surface area contributed by atoms with Crippen molar-refractivity contribution in [2.24, 2.45) is 5.92 Å². The Balaban J connectivity index is 2.68. The van der Waals surface area contributed by atoms with Crippen LogP contribution in [0.1, 0.15) is 25.8 Å². The minimum absolute atomic E-state index is 0.312. The predicted molar refractivity (Wildman–Crippen MR) is 62.2 cm³/mol. The highest BCUT2D eigenvalue weighted by molar-refractivity contribution is 9.09. The first kappa shape index (κ1) is 12.6. The molecule has 0 aliphatic rings. The van der Waals surface area contributed by atoms with Crippen LogP contribution in [0.5, 0.6) is 0 Å². The lowest BCUT2D eigenvalue weighted by atomic mass is 9.99. The quantitative estimate of drug-likeness (QED) is 0.719. The number of alkyl halides is 1. The molecule has 84 valence electrons. The van der Waals surface area contributed by atoms with E-state index in [1.807, 2.05) is 0 Å². The van der Waals surface area contributed by atoms with E-state index >= 15 is 0 Å². The Bertz CT molecular complexity index is 325. The monoisotopic (exact) mass is 276 g/mol. The van der Waals surface area contributed by atoms with Crippen LogP contribution in [0.4, 0.5) is 8.78 Å². The molecule has 0 nitrogen and oxygen atoms in total. The lowest BCUT2D eigenvalue weighted by molar-refractivity contribution is 0.503. The van der Waals surface area contributed by atoms with Gasteiger partial charge in [-0.3, -0.25) is 0 Å². The number of hydrogen-bond acceptors (Lipinski definition) is 0. The molecule has 1 aromatic rings. The van der Waals surface area contributed by atoms with Crippen molar-refractivity contribution in [2.75, 3.05) is 0 Å². The van der Waals surface area contributed by atoms with Gasteiger partial charge in [0, 0.05) is 4.83 Å². The Morgan fingerprint density at radius 1 is 1.27 bits per heavy atom. The minimum atomic E-state index is -0.784. The van der Waals surface area contributed by atoms with Crippen LogP contribution in [0.3, 0.4) is 0 Å².